The highest BCUT2D eigenvalue weighted by atomic mass is 19.4. The molecule has 0 aliphatic rings. The molecule has 0 fully saturated rings. The highest BCUT2D eigenvalue weighted by molar-refractivity contribution is 5.71. The molecule has 0 spiro atoms. The highest BCUT2D eigenvalue weighted by Crippen LogP contribution is 2.33. The summed E-state index contributed by atoms with van der Waals surface area (Å²) in [5, 5.41) is 11.4. The Morgan fingerprint density at radius 1 is 1.47 bits per heavy atom. The van der Waals surface area contributed by atoms with Gasteiger partial charge in [0.25, 0.3) is 0 Å². The predicted octanol–water partition coefficient (Wildman–Crippen LogP) is 2.87. The summed E-state index contributed by atoms with van der Waals surface area (Å²) in [5.74, 6) is -2.36. The molecule has 19 heavy (non-hydrogen) atoms. The van der Waals surface area contributed by atoms with Gasteiger partial charge in [0, 0.05) is 12.7 Å². The molecule has 106 valence electrons. The summed E-state index contributed by atoms with van der Waals surface area (Å²) in [4.78, 5) is 14.6. The van der Waals surface area contributed by atoms with Gasteiger partial charge in [-0.2, -0.15) is 13.2 Å². The van der Waals surface area contributed by atoms with Crippen LogP contribution < -0.4 is 5.32 Å². The lowest BCUT2D eigenvalue weighted by atomic mass is 9.96. The molecule has 7 heteroatoms. The summed E-state index contributed by atoms with van der Waals surface area (Å²) < 4.78 is 38.1. The lowest BCUT2D eigenvalue weighted by molar-refractivity contribution is -0.142. The third-order valence-corrected chi connectivity index (χ3v) is 2.72. The molecule has 0 radical (unpaired) electrons. The molecule has 1 heterocycles. The van der Waals surface area contributed by atoms with Crippen molar-refractivity contribution in [3.8, 4) is 0 Å². The molecule has 0 amide bonds. The molecule has 2 N–H and O–H groups in total. The van der Waals surface area contributed by atoms with Crippen molar-refractivity contribution in [2.75, 3.05) is 11.9 Å². The second-order valence-corrected chi connectivity index (χ2v) is 4.47. The van der Waals surface area contributed by atoms with E-state index < -0.39 is 23.6 Å². The zero-order valence-corrected chi connectivity index (χ0v) is 10.5. The lowest BCUT2D eigenvalue weighted by Crippen LogP contribution is -2.28. The number of hydrogen-bond acceptors (Lipinski definition) is 3. The van der Waals surface area contributed by atoms with Crippen LogP contribution in [0.4, 0.5) is 19.0 Å². The third-order valence-electron chi connectivity index (χ3n) is 2.72. The molecule has 0 saturated carbocycles. The molecule has 1 aromatic rings. The Morgan fingerprint density at radius 3 is 2.58 bits per heavy atom. The van der Waals surface area contributed by atoms with E-state index in [9.17, 15) is 18.0 Å². The molecule has 0 bridgehead atoms. The van der Waals surface area contributed by atoms with E-state index in [2.05, 4.69) is 10.3 Å². The highest BCUT2D eigenvalue weighted by Gasteiger charge is 2.34. The summed E-state index contributed by atoms with van der Waals surface area (Å²) >= 11 is 0. The number of pyridine rings is 1. The average molecular weight is 276 g/mol. The van der Waals surface area contributed by atoms with E-state index in [0.29, 0.717) is 0 Å². The van der Waals surface area contributed by atoms with Gasteiger partial charge in [-0.15, -0.1) is 0 Å². The molecule has 1 atom stereocenters. The minimum absolute atomic E-state index is 0.104. The number of anilines is 1. The van der Waals surface area contributed by atoms with Gasteiger partial charge in [-0.25, -0.2) is 4.98 Å². The quantitative estimate of drug-likeness (QED) is 0.868. The van der Waals surface area contributed by atoms with Crippen LogP contribution in [0.1, 0.15) is 19.4 Å². The van der Waals surface area contributed by atoms with Crippen molar-refractivity contribution >= 4 is 11.8 Å². The number of rotatable bonds is 5. The minimum atomic E-state index is -4.52. The summed E-state index contributed by atoms with van der Waals surface area (Å²) in [5.41, 5.74) is -0.900. The number of halogens is 3. The Morgan fingerprint density at radius 2 is 2.11 bits per heavy atom. The van der Waals surface area contributed by atoms with Crippen LogP contribution in [0.5, 0.6) is 0 Å². The fraction of sp³-hybridized carbons (Fsp3) is 0.500. The molecule has 1 rings (SSSR count). The van der Waals surface area contributed by atoms with Gasteiger partial charge in [-0.1, -0.05) is 13.8 Å². The summed E-state index contributed by atoms with van der Waals surface area (Å²) in [6, 6.07) is 2.09. The first-order valence-electron chi connectivity index (χ1n) is 5.72. The van der Waals surface area contributed by atoms with Crippen molar-refractivity contribution in [3.63, 3.8) is 0 Å². The van der Waals surface area contributed by atoms with E-state index in [4.69, 9.17) is 5.11 Å². The first kappa shape index (κ1) is 15.3. The molecule has 4 nitrogen and oxygen atoms in total. The number of carbonyl (C=O) groups is 1. The van der Waals surface area contributed by atoms with Crippen LogP contribution in [0.25, 0.3) is 0 Å². The van der Waals surface area contributed by atoms with Gasteiger partial charge in [-0.3, -0.25) is 4.79 Å². The second-order valence-electron chi connectivity index (χ2n) is 4.47. The van der Waals surface area contributed by atoms with Crippen molar-refractivity contribution in [1.29, 1.82) is 0 Å². The van der Waals surface area contributed by atoms with Crippen molar-refractivity contribution in [2.45, 2.75) is 20.0 Å². The number of hydrogen-bond donors (Lipinski definition) is 2. The summed E-state index contributed by atoms with van der Waals surface area (Å²) in [7, 11) is 0. The van der Waals surface area contributed by atoms with Crippen LogP contribution in [0.2, 0.25) is 0 Å². The minimum Gasteiger partial charge on any atom is -0.481 e. The van der Waals surface area contributed by atoms with E-state index in [1.54, 1.807) is 13.8 Å². The zero-order valence-electron chi connectivity index (χ0n) is 10.5. The normalized spacial score (nSPS) is 13.4. The van der Waals surface area contributed by atoms with E-state index in [0.717, 1.165) is 6.07 Å². The molecule has 0 aromatic carbocycles. The van der Waals surface area contributed by atoms with Gasteiger partial charge in [0.05, 0.1) is 11.5 Å². The maximum absolute atomic E-state index is 12.7. The van der Waals surface area contributed by atoms with E-state index in [1.165, 1.54) is 12.3 Å². The first-order chi connectivity index (χ1) is 8.73. The van der Waals surface area contributed by atoms with Crippen molar-refractivity contribution < 1.29 is 23.1 Å². The number of carboxylic acid groups (broad SMARTS) is 1. The Kier molecular flexibility index (Phi) is 4.74. The molecule has 0 aliphatic heterocycles. The van der Waals surface area contributed by atoms with Crippen molar-refractivity contribution in [2.24, 2.45) is 11.8 Å². The number of aromatic nitrogens is 1. The Bertz CT molecular complexity index is 447. The van der Waals surface area contributed by atoms with Gasteiger partial charge in [0.2, 0.25) is 0 Å². The smallest absolute Gasteiger partial charge is 0.419 e. The standard InChI is InChI=1S/C12H15F3N2O2/c1-7(2)8(11(18)19)6-17-10-9(12(13,14)15)4-3-5-16-10/h3-5,7-8H,6H2,1-2H3,(H,16,17)(H,18,19). The van der Waals surface area contributed by atoms with Gasteiger partial charge in [0.1, 0.15) is 5.82 Å². The molecule has 1 unspecified atom stereocenters. The number of nitrogens with zero attached hydrogens (tertiary/aromatic N) is 1. The fourth-order valence-electron chi connectivity index (χ4n) is 1.59. The van der Waals surface area contributed by atoms with Crippen LogP contribution in [-0.4, -0.2) is 22.6 Å². The van der Waals surface area contributed by atoms with Crippen molar-refractivity contribution in [3.05, 3.63) is 23.9 Å². The van der Waals surface area contributed by atoms with Crippen LogP contribution in [0.3, 0.4) is 0 Å². The third kappa shape index (κ3) is 4.11. The van der Waals surface area contributed by atoms with Crippen molar-refractivity contribution in [1.82, 2.24) is 4.98 Å². The van der Waals surface area contributed by atoms with Gasteiger partial charge in [0.15, 0.2) is 0 Å². The molecule has 0 saturated heterocycles. The van der Waals surface area contributed by atoms with E-state index >= 15 is 0 Å². The number of carboxylic acids is 1. The number of aliphatic carboxylic acids is 1. The van der Waals surface area contributed by atoms with Crippen LogP contribution in [-0.2, 0) is 11.0 Å². The van der Waals surface area contributed by atoms with Crippen LogP contribution in [0.15, 0.2) is 18.3 Å². The summed E-state index contributed by atoms with van der Waals surface area (Å²) in [6.07, 6.45) is -3.30. The summed E-state index contributed by atoms with van der Waals surface area (Å²) in [6.45, 7) is 3.29. The van der Waals surface area contributed by atoms with Crippen LogP contribution in [0, 0.1) is 11.8 Å². The Hall–Kier alpha value is -1.79. The van der Waals surface area contributed by atoms with E-state index in [-0.39, 0.29) is 18.3 Å². The lowest BCUT2D eigenvalue weighted by Gasteiger charge is -2.19. The molecular weight excluding hydrogens is 261 g/mol. The first-order valence-corrected chi connectivity index (χ1v) is 5.72. The molecular formula is C12H15F3N2O2. The van der Waals surface area contributed by atoms with Gasteiger partial charge < -0.3 is 10.4 Å². The van der Waals surface area contributed by atoms with E-state index in [1.807, 2.05) is 0 Å². The Balaban J connectivity index is 2.86. The fourth-order valence-corrected chi connectivity index (χ4v) is 1.59. The predicted molar refractivity (Wildman–Crippen MR) is 63.7 cm³/mol. The maximum atomic E-state index is 12.7. The monoisotopic (exact) mass is 276 g/mol. The zero-order chi connectivity index (χ0) is 14.6. The molecule has 0 aliphatic carbocycles. The second kappa shape index (κ2) is 5.90. The van der Waals surface area contributed by atoms with Gasteiger partial charge in [-0.05, 0) is 18.1 Å². The average Bonchev–Trinajstić information content (AvgIpc) is 2.27. The largest absolute Gasteiger partial charge is 0.481 e. The van der Waals surface area contributed by atoms with Crippen LogP contribution >= 0.6 is 0 Å². The molecule has 1 aromatic heterocycles. The van der Waals surface area contributed by atoms with Gasteiger partial charge >= 0.3 is 12.1 Å². The SMILES string of the molecule is CC(C)C(CNc1ncccc1C(F)(F)F)C(=O)O. The maximum Gasteiger partial charge on any atom is 0.419 e. The number of nitrogens with one attached hydrogen (secondary N) is 1. The Labute approximate surface area is 108 Å². The number of alkyl halides is 3. The topological polar surface area (TPSA) is 62.2 Å².